The lowest BCUT2D eigenvalue weighted by atomic mass is 10.0. The minimum atomic E-state index is 0.711. The van der Waals surface area contributed by atoms with Gasteiger partial charge in [0, 0.05) is 6.04 Å². The molecule has 1 nitrogen and oxygen atoms in total. The van der Waals surface area contributed by atoms with E-state index in [2.05, 4.69) is 32.7 Å². The smallest absolute Gasteiger partial charge is 0.00699 e. The predicted octanol–water partition coefficient (Wildman–Crippen LogP) is 3.90. The molecule has 1 unspecified atom stereocenters. The van der Waals surface area contributed by atoms with Crippen molar-refractivity contribution in [1.82, 2.24) is 5.32 Å². The summed E-state index contributed by atoms with van der Waals surface area (Å²) < 4.78 is 0. The highest BCUT2D eigenvalue weighted by Crippen LogP contribution is 2.11. The van der Waals surface area contributed by atoms with Gasteiger partial charge in [0.05, 0.1) is 0 Å². The van der Waals surface area contributed by atoms with Crippen LogP contribution in [0.3, 0.4) is 0 Å². The minimum Gasteiger partial charge on any atom is -0.314 e. The molecule has 0 aromatic carbocycles. The Labute approximate surface area is 90.0 Å². The molecule has 84 valence electrons. The summed E-state index contributed by atoms with van der Waals surface area (Å²) in [4.78, 5) is 0. The average molecular weight is 197 g/mol. The molecule has 0 amide bonds. The van der Waals surface area contributed by atoms with E-state index in [0.717, 1.165) is 6.54 Å². The molecule has 0 fully saturated rings. The van der Waals surface area contributed by atoms with Crippen molar-refractivity contribution in [3.8, 4) is 0 Å². The first-order valence-electron chi connectivity index (χ1n) is 6.08. The molecule has 0 spiro atoms. The average Bonchev–Trinajstić information content (AvgIpc) is 2.14. The topological polar surface area (TPSA) is 12.0 Å². The Morgan fingerprint density at radius 1 is 1.21 bits per heavy atom. The Bertz CT molecular complexity index is 140. The van der Waals surface area contributed by atoms with E-state index in [4.69, 9.17) is 0 Å². The zero-order chi connectivity index (χ0) is 10.8. The SMILES string of the molecule is C=C(C)CCC(CCCCC)NCC. The van der Waals surface area contributed by atoms with E-state index in [1.807, 2.05) is 0 Å². The van der Waals surface area contributed by atoms with Crippen LogP contribution < -0.4 is 5.32 Å². The lowest BCUT2D eigenvalue weighted by Gasteiger charge is -2.17. The van der Waals surface area contributed by atoms with Gasteiger partial charge in [0.2, 0.25) is 0 Å². The van der Waals surface area contributed by atoms with Crippen LogP contribution >= 0.6 is 0 Å². The van der Waals surface area contributed by atoms with E-state index >= 15 is 0 Å². The van der Waals surface area contributed by atoms with Crippen LogP contribution in [0.15, 0.2) is 12.2 Å². The molecule has 0 saturated carbocycles. The predicted molar refractivity (Wildman–Crippen MR) is 65.7 cm³/mol. The highest BCUT2D eigenvalue weighted by atomic mass is 14.9. The lowest BCUT2D eigenvalue weighted by Crippen LogP contribution is -2.28. The maximum absolute atomic E-state index is 3.96. The standard InChI is InChI=1S/C13H27N/c1-5-7-8-9-13(14-6-2)11-10-12(3)4/h13-14H,3,5-11H2,1-2,4H3. The summed E-state index contributed by atoms with van der Waals surface area (Å²) in [6, 6.07) is 0.711. The first kappa shape index (κ1) is 13.7. The first-order chi connectivity index (χ1) is 6.70. The Balaban J connectivity index is 3.59. The highest BCUT2D eigenvalue weighted by molar-refractivity contribution is 4.89. The molecule has 14 heavy (non-hydrogen) atoms. The van der Waals surface area contributed by atoms with Gasteiger partial charge in [0.1, 0.15) is 0 Å². The highest BCUT2D eigenvalue weighted by Gasteiger charge is 2.05. The van der Waals surface area contributed by atoms with Crippen molar-refractivity contribution in [2.75, 3.05) is 6.54 Å². The molecule has 1 atom stereocenters. The molecule has 0 aliphatic carbocycles. The molecule has 1 heteroatoms. The fourth-order valence-corrected chi connectivity index (χ4v) is 1.70. The Morgan fingerprint density at radius 3 is 2.43 bits per heavy atom. The molecular formula is C13H27N. The molecule has 0 aliphatic heterocycles. The normalized spacial score (nSPS) is 12.8. The summed E-state index contributed by atoms with van der Waals surface area (Å²) in [5.74, 6) is 0. The quantitative estimate of drug-likeness (QED) is 0.436. The van der Waals surface area contributed by atoms with Crippen molar-refractivity contribution < 1.29 is 0 Å². The van der Waals surface area contributed by atoms with Crippen molar-refractivity contribution in [2.45, 2.75) is 65.3 Å². The maximum Gasteiger partial charge on any atom is 0.00699 e. The molecule has 0 rings (SSSR count). The number of hydrogen-bond acceptors (Lipinski definition) is 1. The van der Waals surface area contributed by atoms with Crippen molar-refractivity contribution in [1.29, 1.82) is 0 Å². The molecule has 1 N–H and O–H groups in total. The van der Waals surface area contributed by atoms with Gasteiger partial charge in [0.25, 0.3) is 0 Å². The lowest BCUT2D eigenvalue weighted by molar-refractivity contribution is 0.444. The Hall–Kier alpha value is -0.300. The van der Waals surface area contributed by atoms with Gasteiger partial charge in [0.15, 0.2) is 0 Å². The molecule has 0 saturated heterocycles. The zero-order valence-electron chi connectivity index (χ0n) is 10.2. The summed E-state index contributed by atoms with van der Waals surface area (Å²) in [6.45, 7) is 11.6. The summed E-state index contributed by atoms with van der Waals surface area (Å²) in [6.07, 6.45) is 7.81. The number of nitrogens with one attached hydrogen (secondary N) is 1. The third-order valence-electron chi connectivity index (χ3n) is 2.57. The van der Waals surface area contributed by atoms with E-state index in [-0.39, 0.29) is 0 Å². The van der Waals surface area contributed by atoms with Crippen LogP contribution in [0.25, 0.3) is 0 Å². The molecule has 0 radical (unpaired) electrons. The van der Waals surface area contributed by atoms with Crippen molar-refractivity contribution in [3.63, 3.8) is 0 Å². The first-order valence-corrected chi connectivity index (χ1v) is 6.08. The van der Waals surface area contributed by atoms with Gasteiger partial charge in [-0.2, -0.15) is 0 Å². The van der Waals surface area contributed by atoms with Gasteiger partial charge >= 0.3 is 0 Å². The number of allylic oxidation sites excluding steroid dienone is 1. The number of hydrogen-bond donors (Lipinski definition) is 1. The minimum absolute atomic E-state index is 0.711. The van der Waals surface area contributed by atoms with Gasteiger partial charge in [-0.1, -0.05) is 38.7 Å². The largest absolute Gasteiger partial charge is 0.314 e. The van der Waals surface area contributed by atoms with Crippen LogP contribution in [0.4, 0.5) is 0 Å². The van der Waals surface area contributed by atoms with Crippen molar-refractivity contribution in [2.24, 2.45) is 0 Å². The Kier molecular flexibility index (Phi) is 9.06. The molecule has 0 aliphatic rings. The van der Waals surface area contributed by atoms with Crippen molar-refractivity contribution in [3.05, 3.63) is 12.2 Å². The third kappa shape index (κ3) is 8.31. The Morgan fingerprint density at radius 2 is 1.93 bits per heavy atom. The fourth-order valence-electron chi connectivity index (χ4n) is 1.70. The molecule has 0 aromatic rings. The van der Waals surface area contributed by atoms with E-state index < -0.39 is 0 Å². The molecule has 0 aromatic heterocycles. The molecule has 0 bridgehead atoms. The monoisotopic (exact) mass is 197 g/mol. The van der Waals surface area contributed by atoms with Gasteiger partial charge in [-0.15, -0.1) is 6.58 Å². The number of rotatable bonds is 9. The van der Waals surface area contributed by atoms with Crippen LogP contribution in [-0.2, 0) is 0 Å². The van der Waals surface area contributed by atoms with E-state index in [1.54, 1.807) is 0 Å². The van der Waals surface area contributed by atoms with Crippen LogP contribution in [-0.4, -0.2) is 12.6 Å². The number of unbranched alkanes of at least 4 members (excludes halogenated alkanes) is 2. The summed E-state index contributed by atoms with van der Waals surface area (Å²) in [5.41, 5.74) is 1.31. The van der Waals surface area contributed by atoms with E-state index in [0.29, 0.717) is 6.04 Å². The summed E-state index contributed by atoms with van der Waals surface area (Å²) >= 11 is 0. The zero-order valence-corrected chi connectivity index (χ0v) is 10.2. The molecule has 0 heterocycles. The van der Waals surface area contributed by atoms with Gasteiger partial charge in [-0.05, 0) is 32.7 Å². The van der Waals surface area contributed by atoms with Crippen molar-refractivity contribution >= 4 is 0 Å². The second kappa shape index (κ2) is 9.26. The van der Waals surface area contributed by atoms with Crippen LogP contribution in [0.1, 0.15) is 59.3 Å². The third-order valence-corrected chi connectivity index (χ3v) is 2.57. The second-order valence-electron chi connectivity index (χ2n) is 4.25. The van der Waals surface area contributed by atoms with Gasteiger partial charge in [-0.25, -0.2) is 0 Å². The fraction of sp³-hybridized carbons (Fsp3) is 0.846. The molecular weight excluding hydrogens is 170 g/mol. The maximum atomic E-state index is 3.96. The summed E-state index contributed by atoms with van der Waals surface area (Å²) in [7, 11) is 0. The van der Waals surface area contributed by atoms with Crippen LogP contribution in [0.5, 0.6) is 0 Å². The van der Waals surface area contributed by atoms with E-state index in [9.17, 15) is 0 Å². The van der Waals surface area contributed by atoms with Crippen LogP contribution in [0, 0.1) is 0 Å². The van der Waals surface area contributed by atoms with Crippen LogP contribution in [0.2, 0.25) is 0 Å². The van der Waals surface area contributed by atoms with Gasteiger partial charge < -0.3 is 5.32 Å². The van der Waals surface area contributed by atoms with E-state index in [1.165, 1.54) is 44.1 Å². The van der Waals surface area contributed by atoms with Gasteiger partial charge in [-0.3, -0.25) is 0 Å². The summed E-state index contributed by atoms with van der Waals surface area (Å²) in [5, 5.41) is 3.56. The second-order valence-corrected chi connectivity index (χ2v) is 4.25.